The second kappa shape index (κ2) is 9.23. The van der Waals surface area contributed by atoms with Crippen LogP contribution in [-0.2, 0) is 4.74 Å². The molecular weight excluding hydrogens is 460 g/mol. The van der Waals surface area contributed by atoms with Gasteiger partial charge in [-0.05, 0) is 51.0 Å². The van der Waals surface area contributed by atoms with Crippen molar-refractivity contribution in [1.82, 2.24) is 4.57 Å². The third-order valence-corrected chi connectivity index (χ3v) is 6.15. The van der Waals surface area contributed by atoms with Crippen LogP contribution in [0.25, 0.3) is 0 Å². The van der Waals surface area contributed by atoms with E-state index >= 15 is 0 Å². The van der Waals surface area contributed by atoms with Crippen LogP contribution in [0.4, 0.5) is 5.69 Å². The standard InChI is InChI=1S/C25H21ClN2O6/c1-14-11-20(15(2)27(14)17-8-9-17)23(29)13-34-25(31)19-6-4-3-5-18(19)24(30)16-7-10-21(26)22(12-16)28(32)33/h3-7,10-12,17H,8-9,13H2,1-2H3. The number of nitro benzene ring substituents is 1. The molecule has 1 aromatic heterocycles. The van der Waals surface area contributed by atoms with Gasteiger partial charge in [0.2, 0.25) is 5.78 Å². The molecule has 174 valence electrons. The van der Waals surface area contributed by atoms with Crippen molar-refractivity contribution in [3.8, 4) is 0 Å². The van der Waals surface area contributed by atoms with Crippen LogP contribution in [-0.4, -0.2) is 33.6 Å². The number of carbonyl (C=O) groups excluding carboxylic acids is 3. The Balaban J connectivity index is 1.53. The van der Waals surface area contributed by atoms with Gasteiger partial charge in [0.15, 0.2) is 12.4 Å². The number of carbonyl (C=O) groups is 3. The van der Waals surface area contributed by atoms with E-state index in [9.17, 15) is 24.5 Å². The molecule has 0 aliphatic heterocycles. The van der Waals surface area contributed by atoms with Crippen molar-refractivity contribution in [1.29, 1.82) is 0 Å². The predicted molar refractivity (Wildman–Crippen MR) is 125 cm³/mol. The average molecular weight is 481 g/mol. The van der Waals surface area contributed by atoms with Crippen molar-refractivity contribution in [2.75, 3.05) is 6.61 Å². The van der Waals surface area contributed by atoms with Crippen LogP contribution in [0.5, 0.6) is 0 Å². The molecule has 2 aromatic carbocycles. The number of halogens is 1. The number of Topliss-reactive ketones (excluding diaryl/α,β-unsaturated/α-hetero) is 1. The zero-order valence-corrected chi connectivity index (χ0v) is 19.3. The van der Waals surface area contributed by atoms with Gasteiger partial charge in [-0.1, -0.05) is 29.8 Å². The number of rotatable bonds is 8. The molecule has 0 spiro atoms. The lowest BCUT2D eigenvalue weighted by molar-refractivity contribution is -0.384. The van der Waals surface area contributed by atoms with Crippen LogP contribution < -0.4 is 0 Å². The van der Waals surface area contributed by atoms with Crippen molar-refractivity contribution in [3.63, 3.8) is 0 Å². The number of nitrogens with zero attached hydrogens (tertiary/aromatic N) is 2. The molecule has 0 radical (unpaired) electrons. The monoisotopic (exact) mass is 480 g/mol. The Morgan fingerprint density at radius 2 is 1.74 bits per heavy atom. The summed E-state index contributed by atoms with van der Waals surface area (Å²) in [6.45, 7) is 3.35. The fourth-order valence-electron chi connectivity index (χ4n) is 4.05. The Morgan fingerprint density at radius 3 is 2.38 bits per heavy atom. The Morgan fingerprint density at radius 1 is 1.06 bits per heavy atom. The van der Waals surface area contributed by atoms with Crippen LogP contribution in [0.3, 0.4) is 0 Å². The molecule has 1 saturated carbocycles. The Hall–Kier alpha value is -3.78. The Kier molecular flexibility index (Phi) is 6.34. The number of ketones is 2. The molecule has 0 atom stereocenters. The molecule has 4 rings (SSSR count). The number of ether oxygens (including phenoxy) is 1. The van der Waals surface area contributed by atoms with Gasteiger partial charge in [0, 0.05) is 40.2 Å². The number of hydrogen-bond donors (Lipinski definition) is 0. The minimum Gasteiger partial charge on any atom is -0.454 e. The number of aryl methyl sites for hydroxylation is 1. The third-order valence-electron chi connectivity index (χ3n) is 5.83. The lowest BCUT2D eigenvalue weighted by Crippen LogP contribution is -2.17. The highest BCUT2D eigenvalue weighted by Crippen LogP contribution is 2.38. The first-order chi connectivity index (χ1) is 16.2. The van der Waals surface area contributed by atoms with E-state index in [-0.39, 0.29) is 27.5 Å². The molecule has 0 bridgehead atoms. The van der Waals surface area contributed by atoms with E-state index in [4.69, 9.17) is 16.3 Å². The molecule has 3 aromatic rings. The summed E-state index contributed by atoms with van der Waals surface area (Å²) in [4.78, 5) is 49.0. The quantitative estimate of drug-likeness (QED) is 0.188. The molecule has 1 heterocycles. The number of benzene rings is 2. The van der Waals surface area contributed by atoms with E-state index in [0.29, 0.717) is 11.6 Å². The second-order valence-corrected chi connectivity index (χ2v) is 8.59. The minimum absolute atomic E-state index is 0.0000536. The van der Waals surface area contributed by atoms with Crippen LogP contribution in [0.15, 0.2) is 48.5 Å². The van der Waals surface area contributed by atoms with Gasteiger partial charge >= 0.3 is 5.97 Å². The molecule has 0 saturated heterocycles. The number of esters is 1. The maximum atomic E-state index is 13.0. The molecule has 8 nitrogen and oxygen atoms in total. The van der Waals surface area contributed by atoms with Crippen LogP contribution in [0.1, 0.15) is 66.9 Å². The highest BCUT2D eigenvalue weighted by Gasteiger charge is 2.29. The first kappa shape index (κ1) is 23.4. The minimum atomic E-state index is -0.836. The van der Waals surface area contributed by atoms with Crippen molar-refractivity contribution in [3.05, 3.63) is 97.3 Å². The lowest BCUT2D eigenvalue weighted by Gasteiger charge is -2.10. The second-order valence-electron chi connectivity index (χ2n) is 8.18. The van der Waals surface area contributed by atoms with E-state index in [2.05, 4.69) is 4.57 Å². The maximum absolute atomic E-state index is 13.0. The average Bonchev–Trinajstić information content (AvgIpc) is 3.60. The Bertz CT molecular complexity index is 1340. The van der Waals surface area contributed by atoms with Gasteiger partial charge in [-0.15, -0.1) is 0 Å². The summed E-state index contributed by atoms with van der Waals surface area (Å²) in [5.41, 5.74) is 1.89. The molecule has 0 N–H and O–H groups in total. The number of aromatic nitrogens is 1. The molecule has 34 heavy (non-hydrogen) atoms. The largest absolute Gasteiger partial charge is 0.454 e. The van der Waals surface area contributed by atoms with Crippen LogP contribution >= 0.6 is 11.6 Å². The van der Waals surface area contributed by atoms with Crippen molar-refractivity contribution >= 4 is 34.8 Å². The van der Waals surface area contributed by atoms with Gasteiger partial charge < -0.3 is 9.30 Å². The van der Waals surface area contributed by atoms with Gasteiger partial charge in [-0.2, -0.15) is 0 Å². The molecule has 1 fully saturated rings. The summed E-state index contributed by atoms with van der Waals surface area (Å²) in [5.74, 6) is -1.77. The molecular formula is C25H21ClN2O6. The van der Waals surface area contributed by atoms with E-state index in [1.54, 1.807) is 18.2 Å². The molecule has 1 aliphatic rings. The van der Waals surface area contributed by atoms with Crippen LogP contribution in [0, 0.1) is 24.0 Å². The smallest absolute Gasteiger partial charge is 0.339 e. The molecule has 1 aliphatic carbocycles. The Labute approximate surface area is 200 Å². The van der Waals surface area contributed by atoms with E-state index in [1.807, 2.05) is 13.8 Å². The maximum Gasteiger partial charge on any atom is 0.339 e. The summed E-state index contributed by atoms with van der Waals surface area (Å²) >= 11 is 5.83. The van der Waals surface area contributed by atoms with E-state index in [0.717, 1.165) is 30.3 Å². The lowest BCUT2D eigenvalue weighted by atomic mass is 9.98. The highest BCUT2D eigenvalue weighted by atomic mass is 35.5. The predicted octanol–water partition coefficient (Wildman–Crippen LogP) is 5.27. The van der Waals surface area contributed by atoms with Gasteiger partial charge in [0.05, 0.1) is 10.5 Å². The normalized spacial score (nSPS) is 12.9. The fourth-order valence-corrected chi connectivity index (χ4v) is 4.24. The summed E-state index contributed by atoms with van der Waals surface area (Å²) in [6.07, 6.45) is 2.17. The summed E-state index contributed by atoms with van der Waals surface area (Å²) in [6, 6.07) is 11.8. The van der Waals surface area contributed by atoms with Gasteiger partial charge in [-0.25, -0.2) is 4.79 Å². The first-order valence-electron chi connectivity index (χ1n) is 10.7. The molecule has 0 unspecified atom stereocenters. The summed E-state index contributed by atoms with van der Waals surface area (Å²) < 4.78 is 7.39. The van der Waals surface area contributed by atoms with Gasteiger partial charge in [0.25, 0.3) is 5.69 Å². The SMILES string of the molecule is Cc1cc(C(=O)COC(=O)c2ccccc2C(=O)c2ccc(Cl)c([N+](=O)[O-])c2)c(C)n1C1CC1. The van der Waals surface area contributed by atoms with E-state index in [1.165, 1.54) is 24.3 Å². The van der Waals surface area contributed by atoms with Crippen molar-refractivity contribution in [2.45, 2.75) is 32.7 Å². The van der Waals surface area contributed by atoms with E-state index < -0.39 is 29.0 Å². The molecule has 9 heteroatoms. The van der Waals surface area contributed by atoms with Crippen molar-refractivity contribution < 1.29 is 24.0 Å². The third kappa shape index (κ3) is 4.49. The summed E-state index contributed by atoms with van der Waals surface area (Å²) in [5, 5.41) is 11.1. The molecule has 0 amide bonds. The highest BCUT2D eigenvalue weighted by molar-refractivity contribution is 6.33. The van der Waals surface area contributed by atoms with Crippen molar-refractivity contribution in [2.24, 2.45) is 0 Å². The van der Waals surface area contributed by atoms with Crippen LogP contribution in [0.2, 0.25) is 5.02 Å². The summed E-state index contributed by atoms with van der Waals surface area (Å²) in [7, 11) is 0. The zero-order chi connectivity index (χ0) is 24.6. The van der Waals surface area contributed by atoms with Gasteiger partial charge in [-0.3, -0.25) is 19.7 Å². The first-order valence-corrected chi connectivity index (χ1v) is 11.0. The zero-order valence-electron chi connectivity index (χ0n) is 18.5. The topological polar surface area (TPSA) is 109 Å². The number of hydrogen-bond acceptors (Lipinski definition) is 6. The number of nitro groups is 1. The fraction of sp³-hybridized carbons (Fsp3) is 0.240. The van der Waals surface area contributed by atoms with Gasteiger partial charge in [0.1, 0.15) is 5.02 Å².